The summed E-state index contributed by atoms with van der Waals surface area (Å²) < 4.78 is 8.02. The van der Waals surface area contributed by atoms with Crippen molar-refractivity contribution in [2.45, 2.75) is 27.0 Å². The molecule has 0 N–H and O–H groups in total. The third kappa shape index (κ3) is 5.13. The Hall–Kier alpha value is -4.54. The summed E-state index contributed by atoms with van der Waals surface area (Å²) in [4.78, 5) is 27.3. The van der Waals surface area contributed by atoms with Gasteiger partial charge in [-0.3, -0.25) is 14.5 Å². The van der Waals surface area contributed by atoms with E-state index >= 15 is 0 Å². The molecule has 0 atom stereocenters. The zero-order valence-corrected chi connectivity index (χ0v) is 21.9. The zero-order valence-electron chi connectivity index (χ0n) is 21.0. The molecule has 188 valence electrons. The maximum atomic E-state index is 13.1. The van der Waals surface area contributed by atoms with Gasteiger partial charge < -0.3 is 9.30 Å². The van der Waals surface area contributed by atoms with Crippen molar-refractivity contribution in [3.8, 4) is 17.5 Å². The summed E-state index contributed by atoms with van der Waals surface area (Å²) in [5, 5.41) is 9.01. The quantitative estimate of drug-likeness (QED) is 0.252. The van der Waals surface area contributed by atoms with Crippen molar-refractivity contribution in [1.29, 1.82) is 5.26 Å². The van der Waals surface area contributed by atoms with E-state index in [1.54, 1.807) is 30.3 Å². The summed E-state index contributed by atoms with van der Waals surface area (Å²) in [6, 6.07) is 29.0. The molecule has 7 heteroatoms. The molecule has 0 radical (unpaired) electrons. The number of carbonyl (C=O) groups excluding carboxylic acids is 2. The molecule has 6 nitrogen and oxygen atoms in total. The van der Waals surface area contributed by atoms with Gasteiger partial charge in [-0.25, -0.2) is 0 Å². The predicted octanol–water partition coefficient (Wildman–Crippen LogP) is 6.78. The molecule has 3 aromatic carbocycles. The minimum absolute atomic E-state index is 0.0729. The molecule has 1 fully saturated rings. The number of hydrogen-bond acceptors (Lipinski definition) is 5. The lowest BCUT2D eigenvalue weighted by Crippen LogP contribution is -2.27. The summed E-state index contributed by atoms with van der Waals surface area (Å²) in [5.41, 5.74) is 6.03. The van der Waals surface area contributed by atoms with E-state index in [2.05, 4.69) is 10.6 Å². The highest BCUT2D eigenvalue weighted by molar-refractivity contribution is 8.18. The Morgan fingerprint density at radius 3 is 2.39 bits per heavy atom. The number of aryl methyl sites for hydroxylation is 1. The van der Waals surface area contributed by atoms with Crippen LogP contribution >= 0.6 is 11.8 Å². The number of benzene rings is 3. The molecule has 1 saturated heterocycles. The highest BCUT2D eigenvalue weighted by Gasteiger charge is 2.35. The van der Waals surface area contributed by atoms with E-state index in [-0.39, 0.29) is 17.7 Å². The number of thioether (sulfide) groups is 1. The Bertz CT molecular complexity index is 1580. The Kier molecular flexibility index (Phi) is 7.16. The average Bonchev–Trinajstić information content (AvgIpc) is 3.37. The van der Waals surface area contributed by atoms with Crippen LogP contribution in [-0.4, -0.2) is 20.6 Å². The SMILES string of the molecule is Cc1cc(/C=C2/SC(=O)N(Cc3ccccc3C#N)C2=O)c(C)n1-c1ccc(OCc2ccccc2)cc1. The van der Waals surface area contributed by atoms with E-state index in [1.807, 2.05) is 74.5 Å². The second-order valence-electron chi connectivity index (χ2n) is 8.97. The van der Waals surface area contributed by atoms with Gasteiger partial charge in [0, 0.05) is 17.1 Å². The summed E-state index contributed by atoms with van der Waals surface area (Å²) in [7, 11) is 0. The van der Waals surface area contributed by atoms with Gasteiger partial charge in [0.15, 0.2) is 0 Å². The molecule has 1 aromatic heterocycles. The van der Waals surface area contributed by atoms with Gasteiger partial charge in [0.05, 0.1) is 23.1 Å². The third-order valence-corrected chi connectivity index (χ3v) is 7.35. The van der Waals surface area contributed by atoms with Gasteiger partial charge in [0.25, 0.3) is 11.1 Å². The van der Waals surface area contributed by atoms with E-state index in [0.29, 0.717) is 22.6 Å². The Balaban J connectivity index is 1.33. The largest absolute Gasteiger partial charge is 0.489 e. The summed E-state index contributed by atoms with van der Waals surface area (Å²) >= 11 is 0.924. The van der Waals surface area contributed by atoms with Crippen LogP contribution < -0.4 is 4.74 Å². The average molecular weight is 520 g/mol. The van der Waals surface area contributed by atoms with Crippen molar-refractivity contribution in [2.75, 3.05) is 0 Å². The van der Waals surface area contributed by atoms with E-state index < -0.39 is 0 Å². The minimum Gasteiger partial charge on any atom is -0.489 e. The normalized spacial score (nSPS) is 14.2. The van der Waals surface area contributed by atoms with Gasteiger partial charge in [0.2, 0.25) is 0 Å². The first-order valence-electron chi connectivity index (χ1n) is 12.1. The lowest BCUT2D eigenvalue weighted by atomic mass is 10.1. The Morgan fingerprint density at radius 2 is 1.66 bits per heavy atom. The standard InChI is InChI=1S/C31H25N3O3S/c1-21-16-26(17-29-30(35)33(31(36)38-29)19-25-11-7-6-10-24(25)18-32)22(2)34(21)27-12-14-28(15-13-27)37-20-23-8-4-3-5-9-23/h3-17H,19-20H2,1-2H3/b29-17+. The number of rotatable bonds is 7. The van der Waals surface area contributed by atoms with Gasteiger partial charge in [0.1, 0.15) is 12.4 Å². The van der Waals surface area contributed by atoms with Crippen LogP contribution in [0.5, 0.6) is 5.75 Å². The summed E-state index contributed by atoms with van der Waals surface area (Å²) in [5.74, 6) is 0.435. The van der Waals surface area contributed by atoms with Crippen LogP contribution in [0.15, 0.2) is 89.8 Å². The highest BCUT2D eigenvalue weighted by atomic mass is 32.2. The molecular weight excluding hydrogens is 494 g/mol. The van der Waals surface area contributed by atoms with Gasteiger partial charge >= 0.3 is 0 Å². The number of nitriles is 1. The molecule has 5 rings (SSSR count). The molecule has 0 saturated carbocycles. The Labute approximate surface area is 225 Å². The number of nitrogens with zero attached hydrogens (tertiary/aromatic N) is 3. The molecule has 2 amide bonds. The van der Waals surface area contributed by atoms with Crippen LogP contribution in [-0.2, 0) is 17.9 Å². The summed E-state index contributed by atoms with van der Waals surface area (Å²) in [6.07, 6.45) is 1.78. The van der Waals surface area contributed by atoms with Gasteiger partial charge in [-0.15, -0.1) is 0 Å². The van der Waals surface area contributed by atoms with Crippen LogP contribution in [0, 0.1) is 25.2 Å². The van der Waals surface area contributed by atoms with E-state index in [9.17, 15) is 14.9 Å². The first-order valence-corrected chi connectivity index (χ1v) is 13.0. The van der Waals surface area contributed by atoms with Crippen molar-refractivity contribution in [3.63, 3.8) is 0 Å². The molecule has 1 aliphatic heterocycles. The van der Waals surface area contributed by atoms with E-state index in [1.165, 1.54) is 4.90 Å². The molecule has 2 heterocycles. The number of hydrogen-bond donors (Lipinski definition) is 0. The second-order valence-corrected chi connectivity index (χ2v) is 9.96. The predicted molar refractivity (Wildman–Crippen MR) is 149 cm³/mol. The van der Waals surface area contributed by atoms with Crippen molar-refractivity contribution in [2.24, 2.45) is 0 Å². The second kappa shape index (κ2) is 10.8. The van der Waals surface area contributed by atoms with Crippen molar-refractivity contribution in [1.82, 2.24) is 9.47 Å². The van der Waals surface area contributed by atoms with Crippen LogP contribution in [0.25, 0.3) is 11.8 Å². The third-order valence-electron chi connectivity index (χ3n) is 6.44. The molecule has 4 aromatic rings. The fourth-order valence-corrected chi connectivity index (χ4v) is 5.31. The number of carbonyl (C=O) groups is 2. The fourth-order valence-electron chi connectivity index (χ4n) is 4.48. The maximum absolute atomic E-state index is 13.1. The van der Waals surface area contributed by atoms with Crippen molar-refractivity contribution < 1.29 is 14.3 Å². The molecule has 0 bridgehead atoms. The van der Waals surface area contributed by atoms with Crippen LogP contribution in [0.2, 0.25) is 0 Å². The van der Waals surface area contributed by atoms with Crippen molar-refractivity contribution in [3.05, 3.63) is 123 Å². The monoisotopic (exact) mass is 519 g/mol. The first-order chi connectivity index (χ1) is 18.4. The number of amides is 2. The molecule has 0 aliphatic carbocycles. The number of imide groups is 1. The first kappa shape index (κ1) is 25.1. The van der Waals surface area contributed by atoms with E-state index in [4.69, 9.17) is 4.74 Å². The maximum Gasteiger partial charge on any atom is 0.293 e. The molecule has 0 unspecified atom stereocenters. The van der Waals surface area contributed by atoms with Gasteiger partial charge in [-0.05, 0) is 84.8 Å². The summed E-state index contributed by atoms with van der Waals surface area (Å²) in [6.45, 7) is 4.58. The molecule has 0 spiro atoms. The minimum atomic E-state index is -0.350. The van der Waals surface area contributed by atoms with Gasteiger partial charge in [-0.2, -0.15) is 5.26 Å². The number of ether oxygens (including phenoxy) is 1. The molecule has 38 heavy (non-hydrogen) atoms. The molecular formula is C31H25N3O3S. The number of aromatic nitrogens is 1. The van der Waals surface area contributed by atoms with Crippen molar-refractivity contribution >= 4 is 29.0 Å². The van der Waals surface area contributed by atoms with Gasteiger partial charge in [-0.1, -0.05) is 48.5 Å². The lowest BCUT2D eigenvalue weighted by Gasteiger charge is -2.13. The smallest absolute Gasteiger partial charge is 0.293 e. The van der Waals surface area contributed by atoms with Crippen LogP contribution in [0.3, 0.4) is 0 Å². The zero-order chi connectivity index (χ0) is 26.6. The fraction of sp³-hybridized carbons (Fsp3) is 0.129. The Morgan fingerprint density at radius 1 is 0.947 bits per heavy atom. The molecule has 1 aliphatic rings. The lowest BCUT2D eigenvalue weighted by molar-refractivity contribution is -0.123. The highest BCUT2D eigenvalue weighted by Crippen LogP contribution is 2.35. The topological polar surface area (TPSA) is 75.3 Å². The van der Waals surface area contributed by atoms with E-state index in [0.717, 1.165) is 45.7 Å². The van der Waals surface area contributed by atoms with Crippen LogP contribution in [0.1, 0.15) is 33.6 Å². The van der Waals surface area contributed by atoms with Crippen LogP contribution in [0.4, 0.5) is 4.79 Å².